The van der Waals surface area contributed by atoms with Crippen molar-refractivity contribution in [2.75, 3.05) is 11.1 Å². The molecular weight excluding hydrogens is 392 g/mol. The molecule has 0 aliphatic carbocycles. The van der Waals surface area contributed by atoms with E-state index in [-0.39, 0.29) is 0 Å². The number of nitrogens with one attached hydrogen (secondary N) is 2. The van der Waals surface area contributed by atoms with Crippen LogP contribution in [0, 0.1) is 0 Å². The first-order valence-corrected chi connectivity index (χ1v) is 9.78. The smallest absolute Gasteiger partial charge is 0.411 e. The van der Waals surface area contributed by atoms with E-state index in [0.29, 0.717) is 23.2 Å². The van der Waals surface area contributed by atoms with Crippen molar-refractivity contribution in [1.82, 2.24) is 10.6 Å². The van der Waals surface area contributed by atoms with E-state index in [1.165, 1.54) is 11.8 Å². The van der Waals surface area contributed by atoms with Gasteiger partial charge < -0.3 is 15.2 Å². The Labute approximate surface area is 155 Å². The highest BCUT2D eigenvalue weighted by atomic mass is 79.9. The molecule has 1 heterocycles. The molecule has 1 atom stereocenters. The second-order valence-corrected chi connectivity index (χ2v) is 8.22. The molecule has 0 saturated carbocycles. The second-order valence-electron chi connectivity index (χ2n) is 6.68. The van der Waals surface area contributed by atoms with Crippen LogP contribution in [-0.2, 0) is 11.2 Å². The van der Waals surface area contributed by atoms with Gasteiger partial charge in [-0.05, 0) is 26.3 Å². The van der Waals surface area contributed by atoms with Gasteiger partial charge in [0.05, 0.1) is 16.1 Å². The van der Waals surface area contributed by atoms with Gasteiger partial charge in [0.15, 0.2) is 5.72 Å². The van der Waals surface area contributed by atoms with Gasteiger partial charge in [-0.1, -0.05) is 46.3 Å². The van der Waals surface area contributed by atoms with E-state index in [2.05, 4.69) is 26.6 Å². The first-order valence-electron chi connectivity index (χ1n) is 7.67. The van der Waals surface area contributed by atoms with Gasteiger partial charge in [0.1, 0.15) is 5.60 Å². The van der Waals surface area contributed by atoms with Crippen LogP contribution in [0.3, 0.4) is 0 Å². The summed E-state index contributed by atoms with van der Waals surface area (Å²) in [6.07, 6.45) is 0.0333. The van der Waals surface area contributed by atoms with Crippen LogP contribution in [0.4, 0.5) is 4.79 Å². The van der Waals surface area contributed by atoms with Gasteiger partial charge in [0, 0.05) is 12.2 Å². The summed E-state index contributed by atoms with van der Waals surface area (Å²) in [7, 11) is 0. The van der Waals surface area contributed by atoms with Crippen molar-refractivity contribution in [3.05, 3.63) is 46.6 Å². The number of hydrogen-bond donors (Lipinski definition) is 3. The summed E-state index contributed by atoms with van der Waals surface area (Å²) in [6, 6.07) is 9.84. The van der Waals surface area contributed by atoms with Crippen molar-refractivity contribution in [3.8, 4) is 0 Å². The molecule has 1 unspecified atom stereocenters. The number of thioether (sulfide) groups is 1. The lowest BCUT2D eigenvalue weighted by Crippen LogP contribution is -2.44. The normalized spacial score (nSPS) is 22.7. The maximum absolute atomic E-state index is 12.2. The highest BCUT2D eigenvalue weighted by molar-refractivity contribution is 9.09. The minimum atomic E-state index is -1.02. The number of amides is 1. The summed E-state index contributed by atoms with van der Waals surface area (Å²) >= 11 is 4.79. The Morgan fingerprint density at radius 1 is 1.42 bits per heavy atom. The van der Waals surface area contributed by atoms with Crippen molar-refractivity contribution in [2.45, 2.75) is 38.5 Å². The highest BCUT2D eigenvalue weighted by Crippen LogP contribution is 2.32. The van der Waals surface area contributed by atoms with Crippen molar-refractivity contribution in [1.29, 1.82) is 0 Å². The van der Waals surface area contributed by atoms with Crippen LogP contribution in [0.25, 0.3) is 0 Å². The third-order valence-electron chi connectivity index (χ3n) is 3.17. The van der Waals surface area contributed by atoms with Crippen molar-refractivity contribution in [2.24, 2.45) is 0 Å². The summed E-state index contributed by atoms with van der Waals surface area (Å²) < 4.78 is 5.35. The number of benzene rings is 1. The van der Waals surface area contributed by atoms with Gasteiger partial charge in [0.2, 0.25) is 0 Å². The third-order valence-corrected chi connectivity index (χ3v) is 5.36. The van der Waals surface area contributed by atoms with Crippen molar-refractivity contribution < 1.29 is 14.6 Å². The fraction of sp³-hybridized carbons (Fsp3) is 0.471. The fourth-order valence-electron chi connectivity index (χ4n) is 2.12. The van der Waals surface area contributed by atoms with Crippen LogP contribution in [0.15, 0.2) is 41.1 Å². The Balaban J connectivity index is 2.21. The van der Waals surface area contributed by atoms with E-state index >= 15 is 0 Å². The third kappa shape index (κ3) is 5.72. The Morgan fingerprint density at radius 3 is 2.62 bits per heavy atom. The van der Waals surface area contributed by atoms with Crippen molar-refractivity contribution >= 4 is 33.8 Å². The molecule has 1 aromatic rings. The van der Waals surface area contributed by atoms with E-state index in [9.17, 15) is 9.90 Å². The van der Waals surface area contributed by atoms with Crippen LogP contribution in [0.5, 0.6) is 0 Å². The average Bonchev–Trinajstić information content (AvgIpc) is 2.89. The number of hydrogen-bond acceptors (Lipinski definition) is 5. The van der Waals surface area contributed by atoms with Gasteiger partial charge in [-0.15, -0.1) is 11.8 Å². The zero-order valence-corrected chi connectivity index (χ0v) is 16.5. The van der Waals surface area contributed by atoms with Crippen LogP contribution < -0.4 is 10.6 Å². The standard InChI is InChI=1S/C17H23BrN2O3S/c1-16(2,3)23-15(21)19-13(9-12-7-5-4-6-8-12)14-20-17(22,10-18)11-24-14/h4-8,20,22H,9-11H2,1-3H3,(H,19,21)/b14-13+. The topological polar surface area (TPSA) is 70.6 Å². The Kier molecular flexibility index (Phi) is 6.22. The first-order chi connectivity index (χ1) is 11.2. The Bertz CT molecular complexity index is 616. The SMILES string of the molecule is CC(C)(C)OC(=O)N/C(Cc1ccccc1)=C1\NC(O)(CBr)CS1. The van der Waals surface area contributed by atoms with E-state index < -0.39 is 17.4 Å². The molecule has 5 nitrogen and oxygen atoms in total. The number of ether oxygens (including phenoxy) is 1. The molecule has 7 heteroatoms. The molecular formula is C17H23BrN2O3S. The van der Waals surface area contributed by atoms with Crippen LogP contribution >= 0.6 is 27.7 Å². The molecule has 1 amide bonds. The van der Waals surface area contributed by atoms with Gasteiger partial charge in [-0.3, -0.25) is 5.32 Å². The maximum atomic E-state index is 12.2. The minimum Gasteiger partial charge on any atom is -0.444 e. The Hall–Kier alpha value is -1.18. The largest absolute Gasteiger partial charge is 0.444 e. The summed E-state index contributed by atoms with van der Waals surface area (Å²) in [6.45, 7) is 5.47. The first kappa shape index (κ1) is 19.1. The summed E-state index contributed by atoms with van der Waals surface area (Å²) in [5, 5.41) is 17.4. The molecule has 1 aliphatic heterocycles. The maximum Gasteiger partial charge on any atom is 0.411 e. The number of alkyl halides is 1. The number of aliphatic hydroxyl groups is 1. The lowest BCUT2D eigenvalue weighted by atomic mass is 10.1. The molecule has 1 aliphatic rings. The van der Waals surface area contributed by atoms with Crippen LogP contribution in [-0.4, -0.2) is 33.6 Å². The monoisotopic (exact) mass is 414 g/mol. The molecule has 0 bridgehead atoms. The molecule has 0 aromatic heterocycles. The van der Waals surface area contributed by atoms with E-state index in [1.807, 2.05) is 51.1 Å². The van der Waals surface area contributed by atoms with E-state index in [0.717, 1.165) is 10.6 Å². The Morgan fingerprint density at radius 2 is 2.08 bits per heavy atom. The number of carbonyl (C=O) groups excluding carboxylic acids is 1. The van der Waals surface area contributed by atoms with Crippen LogP contribution in [0.1, 0.15) is 26.3 Å². The van der Waals surface area contributed by atoms with E-state index in [4.69, 9.17) is 4.74 Å². The summed E-state index contributed by atoms with van der Waals surface area (Å²) in [5.41, 5.74) is 0.168. The molecule has 0 radical (unpaired) electrons. The lowest BCUT2D eigenvalue weighted by molar-refractivity contribution is 0.0539. The number of alkyl carbamates (subject to hydrolysis) is 1. The fourth-order valence-corrected chi connectivity index (χ4v) is 3.84. The molecule has 3 N–H and O–H groups in total. The van der Waals surface area contributed by atoms with E-state index in [1.54, 1.807) is 0 Å². The molecule has 0 spiro atoms. The predicted molar refractivity (Wildman–Crippen MR) is 101 cm³/mol. The quantitative estimate of drug-likeness (QED) is 0.658. The second kappa shape index (κ2) is 7.80. The van der Waals surface area contributed by atoms with Crippen LogP contribution in [0.2, 0.25) is 0 Å². The minimum absolute atomic E-state index is 0.404. The molecule has 1 fully saturated rings. The zero-order chi connectivity index (χ0) is 17.8. The van der Waals surface area contributed by atoms with Gasteiger partial charge >= 0.3 is 6.09 Å². The number of allylic oxidation sites excluding steroid dienone is 1. The predicted octanol–water partition coefficient (Wildman–Crippen LogP) is 3.34. The lowest BCUT2D eigenvalue weighted by Gasteiger charge is -2.22. The molecule has 1 aromatic carbocycles. The number of carbonyl (C=O) groups is 1. The number of halogens is 1. The average molecular weight is 415 g/mol. The van der Waals surface area contributed by atoms with Gasteiger partial charge in [0.25, 0.3) is 0 Å². The van der Waals surface area contributed by atoms with Gasteiger partial charge in [-0.25, -0.2) is 4.79 Å². The molecule has 2 rings (SSSR count). The number of rotatable bonds is 4. The molecule has 1 saturated heterocycles. The van der Waals surface area contributed by atoms with Crippen molar-refractivity contribution in [3.63, 3.8) is 0 Å². The zero-order valence-electron chi connectivity index (χ0n) is 14.1. The molecule has 132 valence electrons. The summed E-state index contributed by atoms with van der Waals surface area (Å²) in [4.78, 5) is 12.2. The molecule has 24 heavy (non-hydrogen) atoms. The van der Waals surface area contributed by atoms with Gasteiger partial charge in [-0.2, -0.15) is 0 Å². The summed E-state index contributed by atoms with van der Waals surface area (Å²) in [5.74, 6) is 0.502. The highest BCUT2D eigenvalue weighted by Gasteiger charge is 2.35.